The minimum atomic E-state index is -4.44. The maximum absolute atomic E-state index is 12.7. The molecule has 0 bridgehead atoms. The van der Waals surface area contributed by atoms with Gasteiger partial charge in [0, 0.05) is 35.2 Å². The third-order valence-corrected chi connectivity index (χ3v) is 7.06. The topological polar surface area (TPSA) is 75.2 Å². The van der Waals surface area contributed by atoms with Crippen molar-refractivity contribution in [2.45, 2.75) is 28.3 Å². The van der Waals surface area contributed by atoms with E-state index in [9.17, 15) is 22.8 Å². The van der Waals surface area contributed by atoms with Crippen LogP contribution in [0.15, 0.2) is 63.3 Å². The average Bonchev–Trinajstić information content (AvgIpc) is 3.32. The first-order chi connectivity index (χ1) is 15.8. The lowest BCUT2D eigenvalue weighted by atomic mass is 9.95. The summed E-state index contributed by atoms with van der Waals surface area (Å²) in [6.45, 7) is 0.741. The summed E-state index contributed by atoms with van der Waals surface area (Å²) in [7, 11) is 0. The van der Waals surface area contributed by atoms with Gasteiger partial charge in [-0.1, -0.05) is 23.1 Å². The molecular weight excluding hydrogens is 473 g/mol. The Morgan fingerprint density at radius 1 is 1.03 bits per heavy atom. The zero-order chi connectivity index (χ0) is 23.4. The first kappa shape index (κ1) is 23.2. The summed E-state index contributed by atoms with van der Waals surface area (Å²) in [6.07, 6.45) is -3.46. The highest BCUT2D eigenvalue weighted by molar-refractivity contribution is 8.01. The van der Waals surface area contributed by atoms with E-state index in [1.807, 2.05) is 24.3 Å². The fraction of sp³-hybridized carbons (Fsp3) is 0.273. The predicted molar refractivity (Wildman–Crippen MR) is 119 cm³/mol. The molecule has 11 heteroatoms. The molecule has 1 saturated heterocycles. The third kappa shape index (κ3) is 5.91. The van der Waals surface area contributed by atoms with Crippen LogP contribution in [0.2, 0.25) is 0 Å². The Morgan fingerprint density at radius 3 is 2.27 bits per heavy atom. The molecule has 0 saturated carbocycles. The van der Waals surface area contributed by atoms with E-state index < -0.39 is 11.7 Å². The van der Waals surface area contributed by atoms with E-state index in [0.717, 1.165) is 21.4 Å². The molecule has 1 aliphatic heterocycles. The number of aromatic nitrogens is 2. The van der Waals surface area contributed by atoms with Gasteiger partial charge in [0.15, 0.2) is 4.34 Å². The second-order valence-electron chi connectivity index (χ2n) is 7.46. The van der Waals surface area contributed by atoms with Crippen molar-refractivity contribution in [3.8, 4) is 0 Å². The van der Waals surface area contributed by atoms with E-state index in [1.165, 1.54) is 35.2 Å². The number of amides is 2. The Balaban J connectivity index is 1.27. The number of nitrogens with one attached hydrogen (secondary N) is 1. The Kier molecular flexibility index (Phi) is 6.99. The van der Waals surface area contributed by atoms with Gasteiger partial charge in [0.2, 0.25) is 5.91 Å². The lowest BCUT2D eigenvalue weighted by molar-refractivity contribution is -0.137. The molecule has 0 unspecified atom stereocenters. The molecule has 1 aliphatic rings. The molecule has 33 heavy (non-hydrogen) atoms. The molecule has 6 nitrogen and oxygen atoms in total. The molecule has 1 aromatic heterocycles. The van der Waals surface area contributed by atoms with E-state index >= 15 is 0 Å². The van der Waals surface area contributed by atoms with E-state index in [4.69, 9.17) is 0 Å². The summed E-state index contributed by atoms with van der Waals surface area (Å²) < 4.78 is 39.0. The van der Waals surface area contributed by atoms with Crippen LogP contribution < -0.4 is 5.32 Å². The lowest BCUT2D eigenvalue weighted by Gasteiger charge is -2.31. The van der Waals surface area contributed by atoms with Crippen LogP contribution in [0.25, 0.3) is 0 Å². The maximum Gasteiger partial charge on any atom is 0.416 e. The molecular formula is C22H19F3N4O2S2. The fourth-order valence-electron chi connectivity index (χ4n) is 3.49. The highest BCUT2D eigenvalue weighted by atomic mass is 32.2. The standard InChI is InChI=1S/C22H19F3N4O2S2/c23-22(24,25)16-3-1-15(2-4-16)20(31)29-11-9-14(10-12-29)19(30)27-17-5-7-18(8-6-17)33-21-28-26-13-32-21/h1-8,13-14H,9-12H2,(H,27,30). The number of benzene rings is 2. The zero-order valence-electron chi connectivity index (χ0n) is 17.2. The summed E-state index contributed by atoms with van der Waals surface area (Å²) in [4.78, 5) is 27.8. The largest absolute Gasteiger partial charge is 0.416 e. The highest BCUT2D eigenvalue weighted by Crippen LogP contribution is 2.31. The van der Waals surface area contributed by atoms with E-state index in [2.05, 4.69) is 15.5 Å². The van der Waals surface area contributed by atoms with Crippen LogP contribution in [0.5, 0.6) is 0 Å². The number of rotatable bonds is 5. The molecule has 1 N–H and O–H groups in total. The molecule has 172 valence electrons. The van der Waals surface area contributed by atoms with Crippen molar-refractivity contribution in [2.75, 3.05) is 18.4 Å². The Hall–Kier alpha value is -2.92. The second kappa shape index (κ2) is 9.92. The van der Waals surface area contributed by atoms with Crippen LogP contribution in [0.3, 0.4) is 0 Å². The Labute approximate surface area is 196 Å². The molecule has 2 heterocycles. The van der Waals surface area contributed by atoms with Crippen LogP contribution in [0.1, 0.15) is 28.8 Å². The average molecular weight is 493 g/mol. The van der Waals surface area contributed by atoms with Crippen molar-refractivity contribution >= 4 is 40.6 Å². The second-order valence-corrected chi connectivity index (χ2v) is 9.62. The smallest absolute Gasteiger partial charge is 0.339 e. The Bertz CT molecular complexity index is 1100. The first-order valence-electron chi connectivity index (χ1n) is 10.1. The van der Waals surface area contributed by atoms with E-state index in [-0.39, 0.29) is 23.3 Å². The minimum Gasteiger partial charge on any atom is -0.339 e. The van der Waals surface area contributed by atoms with Crippen LogP contribution >= 0.6 is 23.1 Å². The number of likely N-dealkylation sites (tertiary alicyclic amines) is 1. The van der Waals surface area contributed by atoms with Crippen molar-refractivity contribution in [1.82, 2.24) is 15.1 Å². The normalized spacial score (nSPS) is 14.8. The molecule has 4 rings (SSSR count). The van der Waals surface area contributed by atoms with Gasteiger partial charge in [-0.25, -0.2) is 0 Å². The molecule has 0 atom stereocenters. The number of hydrogen-bond donors (Lipinski definition) is 1. The molecule has 2 amide bonds. The molecule has 0 radical (unpaired) electrons. The van der Waals surface area contributed by atoms with E-state index in [1.54, 1.807) is 10.4 Å². The van der Waals surface area contributed by atoms with Gasteiger partial charge in [-0.15, -0.1) is 10.2 Å². The molecule has 1 fully saturated rings. The van der Waals surface area contributed by atoms with Crippen molar-refractivity contribution in [3.63, 3.8) is 0 Å². The van der Waals surface area contributed by atoms with Gasteiger partial charge in [0.1, 0.15) is 5.51 Å². The predicted octanol–water partition coefficient (Wildman–Crippen LogP) is 5.20. The number of carbonyl (C=O) groups excluding carboxylic acids is 2. The minimum absolute atomic E-state index is 0.110. The van der Waals surface area contributed by atoms with Crippen molar-refractivity contribution < 1.29 is 22.8 Å². The van der Waals surface area contributed by atoms with Gasteiger partial charge in [-0.2, -0.15) is 13.2 Å². The zero-order valence-corrected chi connectivity index (χ0v) is 18.8. The summed E-state index contributed by atoms with van der Waals surface area (Å²) in [5.41, 5.74) is 1.77. The third-order valence-electron chi connectivity index (χ3n) is 5.28. The van der Waals surface area contributed by atoms with E-state index in [0.29, 0.717) is 31.6 Å². The molecule has 0 aliphatic carbocycles. The number of hydrogen-bond acceptors (Lipinski definition) is 6. The van der Waals surface area contributed by atoms with Gasteiger partial charge in [-0.05, 0) is 61.4 Å². The summed E-state index contributed by atoms with van der Waals surface area (Å²) in [6, 6.07) is 11.6. The molecule has 2 aromatic carbocycles. The van der Waals surface area contributed by atoms with Gasteiger partial charge in [0.25, 0.3) is 5.91 Å². The molecule has 3 aromatic rings. The van der Waals surface area contributed by atoms with Crippen LogP contribution in [0.4, 0.5) is 18.9 Å². The highest BCUT2D eigenvalue weighted by Gasteiger charge is 2.31. The SMILES string of the molecule is O=C(Nc1ccc(Sc2nncs2)cc1)C1CCN(C(=O)c2ccc(C(F)(F)F)cc2)CC1. The van der Waals surface area contributed by atoms with Crippen LogP contribution in [-0.2, 0) is 11.0 Å². The number of carbonyl (C=O) groups is 2. The number of piperidine rings is 1. The maximum atomic E-state index is 12.7. The van der Waals surface area contributed by atoms with Crippen LogP contribution in [0, 0.1) is 5.92 Å². The monoisotopic (exact) mass is 492 g/mol. The fourth-order valence-corrected chi connectivity index (χ4v) is 4.94. The lowest BCUT2D eigenvalue weighted by Crippen LogP contribution is -2.41. The Morgan fingerprint density at radius 2 is 1.70 bits per heavy atom. The summed E-state index contributed by atoms with van der Waals surface area (Å²) in [5, 5.41) is 10.7. The summed E-state index contributed by atoms with van der Waals surface area (Å²) >= 11 is 2.94. The van der Waals surface area contributed by atoms with Crippen LogP contribution in [-0.4, -0.2) is 40.0 Å². The quantitative estimate of drug-likeness (QED) is 0.530. The number of halogens is 3. The van der Waals surface area contributed by atoms with Gasteiger partial charge in [0.05, 0.1) is 5.56 Å². The van der Waals surface area contributed by atoms with Crippen molar-refractivity contribution in [1.29, 1.82) is 0 Å². The van der Waals surface area contributed by atoms with Gasteiger partial charge >= 0.3 is 6.18 Å². The first-order valence-corrected chi connectivity index (χ1v) is 11.8. The molecule has 0 spiro atoms. The summed E-state index contributed by atoms with van der Waals surface area (Å²) in [5.74, 6) is -0.677. The number of alkyl halides is 3. The number of anilines is 1. The van der Waals surface area contributed by atoms with Gasteiger partial charge < -0.3 is 10.2 Å². The van der Waals surface area contributed by atoms with Crippen molar-refractivity contribution in [2.24, 2.45) is 5.92 Å². The van der Waals surface area contributed by atoms with Gasteiger partial charge in [-0.3, -0.25) is 9.59 Å². The number of nitrogens with zero attached hydrogens (tertiary/aromatic N) is 3. The van der Waals surface area contributed by atoms with Crippen molar-refractivity contribution in [3.05, 3.63) is 65.2 Å².